The zero-order chi connectivity index (χ0) is 14.9. The first-order valence-electron chi connectivity index (χ1n) is 6.58. The molecule has 1 aliphatic rings. The summed E-state index contributed by atoms with van der Waals surface area (Å²) in [6.07, 6.45) is 3.16. The Morgan fingerprint density at radius 2 is 2.00 bits per heavy atom. The number of hydrogen-bond donors (Lipinski definition) is 1. The molecule has 0 saturated heterocycles. The number of amides is 1. The summed E-state index contributed by atoms with van der Waals surface area (Å²) in [5, 5.41) is 12.0. The van der Waals surface area contributed by atoms with E-state index in [1.54, 1.807) is 30.5 Å². The number of carbonyl (C=O) groups is 1. The first-order chi connectivity index (χ1) is 10.2. The third-order valence-electron chi connectivity index (χ3n) is 3.76. The van der Waals surface area contributed by atoms with Gasteiger partial charge >= 0.3 is 0 Å². The SMILES string of the molecule is N#Cc1ccc(C2(C(=O)Nc3cccnc3Cl)CC2)cc1. The summed E-state index contributed by atoms with van der Waals surface area (Å²) in [6.45, 7) is 0. The van der Waals surface area contributed by atoms with Crippen LogP contribution in [0.3, 0.4) is 0 Å². The predicted octanol–water partition coefficient (Wildman–Crippen LogP) is 3.28. The molecule has 1 aliphatic carbocycles. The maximum atomic E-state index is 12.5. The molecule has 1 aromatic heterocycles. The molecule has 3 rings (SSSR count). The van der Waals surface area contributed by atoms with Crippen molar-refractivity contribution >= 4 is 23.2 Å². The molecule has 0 unspecified atom stereocenters. The average Bonchev–Trinajstić information content (AvgIpc) is 3.31. The van der Waals surface area contributed by atoms with E-state index in [2.05, 4.69) is 16.4 Å². The Bertz CT molecular complexity index is 730. The van der Waals surface area contributed by atoms with Gasteiger partial charge in [-0.05, 0) is 42.7 Å². The number of benzene rings is 1. The minimum atomic E-state index is -0.507. The summed E-state index contributed by atoms with van der Waals surface area (Å²) in [7, 11) is 0. The third-order valence-corrected chi connectivity index (χ3v) is 4.06. The van der Waals surface area contributed by atoms with E-state index in [4.69, 9.17) is 16.9 Å². The Morgan fingerprint density at radius 1 is 1.29 bits per heavy atom. The van der Waals surface area contributed by atoms with Gasteiger partial charge in [-0.2, -0.15) is 5.26 Å². The first-order valence-corrected chi connectivity index (χ1v) is 6.96. The van der Waals surface area contributed by atoms with Gasteiger partial charge in [0, 0.05) is 6.20 Å². The lowest BCUT2D eigenvalue weighted by Gasteiger charge is -2.16. The van der Waals surface area contributed by atoms with Crippen molar-refractivity contribution in [3.8, 4) is 6.07 Å². The molecule has 0 spiro atoms. The van der Waals surface area contributed by atoms with Gasteiger partial charge in [0.15, 0.2) is 5.15 Å². The predicted molar refractivity (Wildman–Crippen MR) is 79.9 cm³/mol. The van der Waals surface area contributed by atoms with Crippen LogP contribution in [0.4, 0.5) is 5.69 Å². The smallest absolute Gasteiger partial charge is 0.235 e. The Labute approximate surface area is 127 Å². The third kappa shape index (κ3) is 2.48. The highest BCUT2D eigenvalue weighted by atomic mass is 35.5. The lowest BCUT2D eigenvalue weighted by atomic mass is 9.94. The molecule has 0 radical (unpaired) electrons. The molecule has 0 aliphatic heterocycles. The number of carbonyl (C=O) groups excluding carboxylic acids is 1. The minimum absolute atomic E-state index is 0.0814. The van der Waals surface area contributed by atoms with Crippen molar-refractivity contribution in [2.24, 2.45) is 0 Å². The monoisotopic (exact) mass is 297 g/mol. The molecule has 5 heteroatoms. The summed E-state index contributed by atoms with van der Waals surface area (Å²) in [4.78, 5) is 16.5. The Hall–Kier alpha value is -2.38. The molecule has 1 saturated carbocycles. The van der Waals surface area contributed by atoms with E-state index < -0.39 is 5.41 Å². The summed E-state index contributed by atoms with van der Waals surface area (Å²) < 4.78 is 0. The minimum Gasteiger partial charge on any atom is -0.323 e. The fourth-order valence-electron chi connectivity index (χ4n) is 2.36. The van der Waals surface area contributed by atoms with E-state index in [9.17, 15) is 4.79 Å². The number of nitriles is 1. The van der Waals surface area contributed by atoms with E-state index in [1.807, 2.05) is 12.1 Å². The number of nitrogens with one attached hydrogen (secondary N) is 1. The second-order valence-corrected chi connectivity index (χ2v) is 5.43. The topological polar surface area (TPSA) is 65.8 Å². The van der Waals surface area contributed by atoms with Crippen LogP contribution in [0.5, 0.6) is 0 Å². The van der Waals surface area contributed by atoms with E-state index in [-0.39, 0.29) is 11.1 Å². The highest BCUT2D eigenvalue weighted by Gasteiger charge is 2.51. The number of nitrogens with zero attached hydrogens (tertiary/aromatic N) is 2. The van der Waals surface area contributed by atoms with Crippen molar-refractivity contribution in [2.75, 3.05) is 5.32 Å². The number of hydrogen-bond acceptors (Lipinski definition) is 3. The normalized spacial score (nSPS) is 15.0. The van der Waals surface area contributed by atoms with Gasteiger partial charge in [-0.15, -0.1) is 0 Å². The maximum Gasteiger partial charge on any atom is 0.235 e. The van der Waals surface area contributed by atoms with Crippen molar-refractivity contribution in [3.63, 3.8) is 0 Å². The van der Waals surface area contributed by atoms with Gasteiger partial charge in [-0.25, -0.2) is 4.98 Å². The Morgan fingerprint density at radius 3 is 2.57 bits per heavy atom. The molecule has 21 heavy (non-hydrogen) atoms. The van der Waals surface area contributed by atoms with Crippen LogP contribution >= 0.6 is 11.6 Å². The summed E-state index contributed by atoms with van der Waals surface area (Å²) in [5.41, 5.74) is 1.53. The fourth-order valence-corrected chi connectivity index (χ4v) is 2.52. The Balaban J connectivity index is 1.83. The van der Waals surface area contributed by atoms with E-state index in [0.29, 0.717) is 11.3 Å². The van der Waals surface area contributed by atoms with Gasteiger partial charge in [0.25, 0.3) is 0 Å². The van der Waals surface area contributed by atoms with Crippen LogP contribution in [0.1, 0.15) is 24.0 Å². The van der Waals surface area contributed by atoms with Gasteiger partial charge in [0.2, 0.25) is 5.91 Å². The average molecular weight is 298 g/mol. The second kappa shape index (κ2) is 5.19. The van der Waals surface area contributed by atoms with Crippen LogP contribution in [-0.2, 0) is 10.2 Å². The number of anilines is 1. The zero-order valence-corrected chi connectivity index (χ0v) is 11.9. The summed E-state index contributed by atoms with van der Waals surface area (Å²) in [5.74, 6) is -0.0814. The highest BCUT2D eigenvalue weighted by molar-refractivity contribution is 6.32. The molecule has 1 aromatic carbocycles. The van der Waals surface area contributed by atoms with Crippen LogP contribution in [0, 0.1) is 11.3 Å². The fraction of sp³-hybridized carbons (Fsp3) is 0.188. The molecule has 1 heterocycles. The van der Waals surface area contributed by atoms with Gasteiger partial charge in [0.1, 0.15) is 0 Å². The molecule has 1 fully saturated rings. The highest BCUT2D eigenvalue weighted by Crippen LogP contribution is 2.49. The first kappa shape index (κ1) is 13.6. The molecule has 0 bridgehead atoms. The van der Waals surface area contributed by atoms with Crippen molar-refractivity contribution in [3.05, 3.63) is 58.9 Å². The standard InChI is InChI=1S/C16H12ClN3O/c17-14-13(2-1-9-19-14)20-15(21)16(7-8-16)12-5-3-11(10-18)4-6-12/h1-6,9H,7-8H2,(H,20,21). The van der Waals surface area contributed by atoms with Gasteiger partial charge in [0.05, 0.1) is 22.7 Å². The van der Waals surface area contributed by atoms with Crippen molar-refractivity contribution in [2.45, 2.75) is 18.3 Å². The lowest BCUT2D eigenvalue weighted by molar-refractivity contribution is -0.118. The zero-order valence-electron chi connectivity index (χ0n) is 11.1. The molecular formula is C16H12ClN3O. The van der Waals surface area contributed by atoms with E-state index >= 15 is 0 Å². The maximum absolute atomic E-state index is 12.5. The number of halogens is 1. The molecule has 104 valence electrons. The van der Waals surface area contributed by atoms with Crippen LogP contribution in [0.25, 0.3) is 0 Å². The van der Waals surface area contributed by atoms with E-state index in [0.717, 1.165) is 18.4 Å². The molecule has 1 amide bonds. The largest absolute Gasteiger partial charge is 0.323 e. The second-order valence-electron chi connectivity index (χ2n) is 5.07. The summed E-state index contributed by atoms with van der Waals surface area (Å²) in [6, 6.07) is 12.7. The van der Waals surface area contributed by atoms with Crippen LogP contribution in [0.15, 0.2) is 42.6 Å². The van der Waals surface area contributed by atoms with Gasteiger partial charge in [-0.1, -0.05) is 23.7 Å². The quantitative estimate of drug-likeness (QED) is 0.884. The van der Waals surface area contributed by atoms with Crippen molar-refractivity contribution in [1.29, 1.82) is 5.26 Å². The number of pyridine rings is 1. The van der Waals surface area contributed by atoms with Gasteiger partial charge in [-0.3, -0.25) is 4.79 Å². The molecule has 1 N–H and O–H groups in total. The van der Waals surface area contributed by atoms with Crippen LogP contribution < -0.4 is 5.32 Å². The summed E-state index contributed by atoms with van der Waals surface area (Å²) >= 11 is 5.96. The van der Waals surface area contributed by atoms with Crippen LogP contribution in [0.2, 0.25) is 5.15 Å². The lowest BCUT2D eigenvalue weighted by Crippen LogP contribution is -2.28. The Kier molecular flexibility index (Phi) is 3.36. The molecule has 2 aromatic rings. The van der Waals surface area contributed by atoms with Crippen molar-refractivity contribution in [1.82, 2.24) is 4.98 Å². The van der Waals surface area contributed by atoms with Crippen molar-refractivity contribution < 1.29 is 4.79 Å². The molecular weight excluding hydrogens is 286 g/mol. The number of rotatable bonds is 3. The molecule has 0 atom stereocenters. The van der Waals surface area contributed by atoms with Crippen LogP contribution in [-0.4, -0.2) is 10.9 Å². The number of aromatic nitrogens is 1. The van der Waals surface area contributed by atoms with Gasteiger partial charge < -0.3 is 5.32 Å². The molecule has 4 nitrogen and oxygen atoms in total. The van der Waals surface area contributed by atoms with E-state index in [1.165, 1.54) is 0 Å².